The van der Waals surface area contributed by atoms with Crippen LogP contribution in [-0.4, -0.2) is 31.5 Å². The zero-order chi connectivity index (χ0) is 16.2. The molecule has 6 nitrogen and oxygen atoms in total. The summed E-state index contributed by atoms with van der Waals surface area (Å²) in [5.74, 6) is -0.598. The summed E-state index contributed by atoms with van der Waals surface area (Å²) in [6.45, 7) is 2.05. The second kappa shape index (κ2) is 6.53. The Morgan fingerprint density at radius 2 is 2.04 bits per heavy atom. The predicted molar refractivity (Wildman–Crippen MR) is 87.4 cm³/mol. The van der Waals surface area contributed by atoms with Crippen LogP contribution in [0.25, 0.3) is 5.76 Å². The number of H-pyrrole nitrogens is 1. The van der Waals surface area contributed by atoms with E-state index in [1.807, 2.05) is 13.0 Å². The van der Waals surface area contributed by atoms with Crippen LogP contribution in [0.15, 0.2) is 42.5 Å². The highest BCUT2D eigenvalue weighted by molar-refractivity contribution is 7.14. The average molecular weight is 326 g/mol. The number of allylic oxidation sites excluding steroid dienone is 1. The Morgan fingerprint density at radius 1 is 1.26 bits per heavy atom. The van der Waals surface area contributed by atoms with Crippen LogP contribution < -0.4 is 0 Å². The van der Waals surface area contributed by atoms with Gasteiger partial charge < -0.3 is 5.11 Å². The molecule has 0 radical (unpaired) electrons. The number of aromatic nitrogens is 4. The third kappa shape index (κ3) is 3.70. The molecule has 2 aromatic heterocycles. The van der Waals surface area contributed by atoms with E-state index in [0.717, 1.165) is 17.4 Å². The van der Waals surface area contributed by atoms with E-state index in [2.05, 4.69) is 44.9 Å². The van der Waals surface area contributed by atoms with Gasteiger partial charge in [0.1, 0.15) is 0 Å². The first-order valence-electron chi connectivity index (χ1n) is 6.95. The van der Waals surface area contributed by atoms with Gasteiger partial charge in [-0.15, -0.1) is 21.5 Å². The van der Waals surface area contributed by atoms with Crippen LogP contribution in [0.3, 0.4) is 0 Å². The molecule has 0 unspecified atom stereocenters. The molecule has 1 aromatic carbocycles. The zero-order valence-corrected chi connectivity index (χ0v) is 13.2. The fraction of sp³-hybridized carbons (Fsp3) is 0.125. The number of nitrogens with zero attached hydrogens (tertiary/aromatic N) is 3. The molecule has 0 bridgehead atoms. The fourth-order valence-electron chi connectivity index (χ4n) is 2.04. The normalized spacial score (nSPS) is 11.6. The third-order valence-corrected chi connectivity index (χ3v) is 4.35. The number of hydrogen-bond donors (Lipinski definition) is 2. The number of aliphatic hydroxyl groups excluding tert-OH is 1. The molecule has 0 saturated heterocycles. The van der Waals surface area contributed by atoms with Crippen molar-refractivity contribution in [2.75, 3.05) is 0 Å². The summed E-state index contributed by atoms with van der Waals surface area (Å²) in [5, 5.41) is 22.6. The Morgan fingerprint density at radius 3 is 2.74 bits per heavy atom. The number of rotatable bonds is 5. The van der Waals surface area contributed by atoms with Gasteiger partial charge in [0.15, 0.2) is 11.5 Å². The van der Waals surface area contributed by atoms with Gasteiger partial charge >= 0.3 is 0 Å². The van der Waals surface area contributed by atoms with Crippen LogP contribution in [0.4, 0.5) is 0 Å². The molecule has 7 heteroatoms. The first-order valence-corrected chi connectivity index (χ1v) is 7.76. The Labute approximate surface area is 136 Å². The van der Waals surface area contributed by atoms with E-state index in [1.54, 1.807) is 6.07 Å². The summed E-state index contributed by atoms with van der Waals surface area (Å²) in [4.78, 5) is 13.8. The number of thiophene rings is 1. The monoisotopic (exact) mass is 326 g/mol. The Balaban J connectivity index is 1.72. The molecule has 2 heterocycles. The Bertz CT molecular complexity index is 835. The Hall–Kier alpha value is -2.80. The third-order valence-electron chi connectivity index (χ3n) is 3.25. The second-order valence-corrected chi connectivity index (χ2v) is 6.23. The lowest BCUT2D eigenvalue weighted by Gasteiger charge is -1.99. The van der Waals surface area contributed by atoms with Gasteiger partial charge in [0.25, 0.3) is 0 Å². The van der Waals surface area contributed by atoms with Crippen LogP contribution in [-0.2, 0) is 6.42 Å². The van der Waals surface area contributed by atoms with E-state index in [0.29, 0.717) is 4.88 Å². The summed E-state index contributed by atoms with van der Waals surface area (Å²) in [7, 11) is 0. The van der Waals surface area contributed by atoms with Crippen molar-refractivity contribution in [2.45, 2.75) is 13.3 Å². The van der Waals surface area contributed by atoms with Gasteiger partial charge in [-0.3, -0.25) is 4.79 Å². The first-order chi connectivity index (χ1) is 11.1. The summed E-state index contributed by atoms with van der Waals surface area (Å²) < 4.78 is 0. The Kier molecular flexibility index (Phi) is 4.29. The lowest BCUT2D eigenvalue weighted by molar-refractivity contribution is 0.104. The molecule has 116 valence electrons. The minimum atomic E-state index is -0.308. The van der Waals surface area contributed by atoms with Crippen LogP contribution in [0.2, 0.25) is 0 Å². The maximum absolute atomic E-state index is 12.1. The van der Waals surface area contributed by atoms with E-state index in [4.69, 9.17) is 0 Å². The molecular weight excluding hydrogens is 312 g/mol. The van der Waals surface area contributed by atoms with Gasteiger partial charge in [0, 0.05) is 17.4 Å². The number of aryl methyl sites for hydroxylation is 1. The number of aliphatic hydroxyl groups is 1. The van der Waals surface area contributed by atoms with Crippen molar-refractivity contribution in [2.24, 2.45) is 0 Å². The van der Waals surface area contributed by atoms with Crippen molar-refractivity contribution in [3.8, 4) is 0 Å². The van der Waals surface area contributed by atoms with Gasteiger partial charge in [-0.05, 0) is 29.8 Å². The smallest absolute Gasteiger partial charge is 0.239 e. The van der Waals surface area contributed by atoms with E-state index in [-0.39, 0.29) is 17.4 Å². The van der Waals surface area contributed by atoms with Gasteiger partial charge in [-0.1, -0.05) is 29.8 Å². The quantitative estimate of drug-likeness (QED) is 0.427. The van der Waals surface area contributed by atoms with Crippen molar-refractivity contribution in [3.05, 3.63) is 69.2 Å². The molecule has 0 saturated carbocycles. The molecule has 3 aromatic rings. The van der Waals surface area contributed by atoms with E-state index >= 15 is 0 Å². The summed E-state index contributed by atoms with van der Waals surface area (Å²) >= 11 is 1.41. The van der Waals surface area contributed by atoms with Crippen molar-refractivity contribution in [1.29, 1.82) is 0 Å². The summed E-state index contributed by atoms with van der Waals surface area (Å²) in [6, 6.07) is 12.0. The number of benzene rings is 1. The number of nitrogens with one attached hydrogen (secondary N) is 1. The van der Waals surface area contributed by atoms with Crippen molar-refractivity contribution in [1.82, 2.24) is 20.6 Å². The number of aromatic amines is 1. The van der Waals surface area contributed by atoms with Gasteiger partial charge in [0.2, 0.25) is 5.82 Å². The van der Waals surface area contributed by atoms with E-state index in [9.17, 15) is 9.90 Å². The number of carbonyl (C=O) groups excluding carboxylic acids is 1. The van der Waals surface area contributed by atoms with E-state index < -0.39 is 0 Å². The van der Waals surface area contributed by atoms with Crippen LogP contribution in [0.5, 0.6) is 0 Å². The highest BCUT2D eigenvalue weighted by Gasteiger charge is 2.11. The molecule has 0 atom stereocenters. The molecule has 0 fully saturated rings. The van der Waals surface area contributed by atoms with Crippen molar-refractivity contribution < 1.29 is 9.90 Å². The van der Waals surface area contributed by atoms with E-state index in [1.165, 1.54) is 22.5 Å². The minimum Gasteiger partial charge on any atom is -0.504 e. The lowest BCUT2D eigenvalue weighted by atomic mass is 10.1. The minimum absolute atomic E-state index is 0.00483. The SMILES string of the molecule is Cc1ccc(Cc2ccc(C(=O)C=C(O)c3nn[nH]n3)s2)cc1. The molecule has 0 aliphatic heterocycles. The fourth-order valence-corrected chi connectivity index (χ4v) is 3.00. The van der Waals surface area contributed by atoms with Crippen LogP contribution in [0.1, 0.15) is 31.5 Å². The predicted octanol–water partition coefficient (Wildman–Crippen LogP) is 2.94. The van der Waals surface area contributed by atoms with Crippen LogP contribution in [0, 0.1) is 6.92 Å². The largest absolute Gasteiger partial charge is 0.504 e. The van der Waals surface area contributed by atoms with Crippen LogP contribution >= 0.6 is 11.3 Å². The van der Waals surface area contributed by atoms with Crippen molar-refractivity contribution >= 4 is 22.9 Å². The maximum Gasteiger partial charge on any atom is 0.239 e. The summed E-state index contributed by atoms with van der Waals surface area (Å²) in [6.07, 6.45) is 1.88. The number of ketones is 1. The first kappa shape index (κ1) is 15.1. The average Bonchev–Trinajstić information content (AvgIpc) is 3.21. The molecule has 0 amide bonds. The number of carbonyl (C=O) groups is 1. The van der Waals surface area contributed by atoms with Gasteiger partial charge in [-0.25, -0.2) is 0 Å². The molecule has 0 aliphatic rings. The molecule has 2 N–H and O–H groups in total. The molecule has 23 heavy (non-hydrogen) atoms. The molecular formula is C16H14N4O2S. The standard InChI is InChI=1S/C16H14N4O2S/c1-10-2-4-11(5-3-10)8-12-6-7-15(23-12)13(21)9-14(22)16-17-19-20-18-16/h2-7,9,22H,8H2,1H3,(H,17,18,19,20). The topological polar surface area (TPSA) is 91.8 Å². The summed E-state index contributed by atoms with van der Waals surface area (Å²) in [5.41, 5.74) is 2.42. The van der Waals surface area contributed by atoms with Gasteiger partial charge in [-0.2, -0.15) is 5.21 Å². The van der Waals surface area contributed by atoms with Crippen molar-refractivity contribution in [3.63, 3.8) is 0 Å². The number of hydrogen-bond acceptors (Lipinski definition) is 6. The second-order valence-electron chi connectivity index (χ2n) is 5.06. The highest BCUT2D eigenvalue weighted by atomic mass is 32.1. The van der Waals surface area contributed by atoms with Gasteiger partial charge in [0.05, 0.1) is 4.88 Å². The molecule has 3 rings (SSSR count). The molecule has 0 aliphatic carbocycles. The zero-order valence-electron chi connectivity index (χ0n) is 12.4. The number of tetrazole rings is 1. The molecule has 0 spiro atoms. The highest BCUT2D eigenvalue weighted by Crippen LogP contribution is 2.21. The maximum atomic E-state index is 12.1. The lowest BCUT2D eigenvalue weighted by Crippen LogP contribution is -1.95.